The molecule has 0 aliphatic carbocycles. The molecule has 176 valence electrons. The third-order valence-electron chi connectivity index (χ3n) is 6.32. The maximum absolute atomic E-state index is 13.2. The molecule has 2 amide bonds. The quantitative estimate of drug-likeness (QED) is 0.325. The number of hydrogen-bond acceptors (Lipinski definition) is 3. The fourth-order valence-electron chi connectivity index (χ4n) is 4.67. The molecule has 1 N–H and O–H groups in total. The number of amides is 2. The van der Waals surface area contributed by atoms with E-state index in [1.54, 1.807) is 0 Å². The molecule has 0 fully saturated rings. The van der Waals surface area contributed by atoms with Gasteiger partial charge in [-0.2, -0.15) is 0 Å². The highest BCUT2D eigenvalue weighted by Gasteiger charge is 2.35. The van der Waals surface area contributed by atoms with Crippen LogP contribution in [0.15, 0.2) is 83.5 Å². The molecule has 0 atom stereocenters. The molecule has 3 aromatic carbocycles. The van der Waals surface area contributed by atoms with Crippen molar-refractivity contribution in [3.8, 4) is 5.69 Å². The molecule has 0 bridgehead atoms. The monoisotopic (exact) mass is 527 g/mol. The molecule has 0 unspecified atom stereocenters. The number of halogens is 1. The average Bonchev–Trinajstić information content (AvgIpc) is 3.37. The van der Waals surface area contributed by atoms with E-state index in [-0.39, 0.29) is 11.8 Å². The number of fused-ring (bicyclic) bond motifs is 1. The summed E-state index contributed by atoms with van der Waals surface area (Å²) in [4.78, 5) is 28.5. The van der Waals surface area contributed by atoms with Gasteiger partial charge in [0, 0.05) is 32.9 Å². The van der Waals surface area contributed by atoms with Crippen LogP contribution in [0.1, 0.15) is 23.1 Å². The number of carbonyl (C=O) groups is 2. The van der Waals surface area contributed by atoms with Crippen molar-refractivity contribution < 1.29 is 9.59 Å². The van der Waals surface area contributed by atoms with Crippen molar-refractivity contribution in [3.05, 3.63) is 100 Å². The van der Waals surface area contributed by atoms with E-state index in [9.17, 15) is 9.59 Å². The molecule has 2 heterocycles. The number of benzene rings is 3. The van der Waals surface area contributed by atoms with Gasteiger partial charge >= 0.3 is 0 Å². The number of carbonyl (C=O) groups excluding carboxylic acids is 2. The summed E-state index contributed by atoms with van der Waals surface area (Å²) in [6, 6.07) is 24.0. The van der Waals surface area contributed by atoms with E-state index < -0.39 is 0 Å². The maximum atomic E-state index is 13.2. The third-order valence-corrected chi connectivity index (χ3v) is 7.01. The summed E-state index contributed by atoms with van der Waals surface area (Å²) < 4.78 is 2.86. The van der Waals surface area contributed by atoms with Gasteiger partial charge in [0.1, 0.15) is 0 Å². The third kappa shape index (κ3) is 4.47. The average molecular weight is 528 g/mol. The molecular weight excluding hydrogens is 502 g/mol. The lowest BCUT2D eigenvalue weighted by atomic mass is 9.94. The zero-order valence-electron chi connectivity index (χ0n) is 19.7. The first-order chi connectivity index (χ1) is 16.9. The lowest BCUT2D eigenvalue weighted by Crippen LogP contribution is -2.22. The molecule has 1 aliphatic rings. The Labute approximate surface area is 213 Å². The van der Waals surface area contributed by atoms with Crippen LogP contribution in [-0.4, -0.2) is 41.9 Å². The van der Waals surface area contributed by atoms with Crippen LogP contribution in [-0.2, 0) is 16.0 Å². The van der Waals surface area contributed by atoms with Crippen LogP contribution in [0.4, 0.5) is 0 Å². The second-order valence-corrected chi connectivity index (χ2v) is 9.87. The van der Waals surface area contributed by atoms with Gasteiger partial charge in [-0.15, -0.1) is 0 Å². The fourth-order valence-corrected chi connectivity index (χ4v) is 5.11. The van der Waals surface area contributed by atoms with Gasteiger partial charge in [-0.25, -0.2) is 0 Å². The maximum Gasteiger partial charge on any atom is 0.259 e. The Kier molecular flexibility index (Phi) is 6.41. The van der Waals surface area contributed by atoms with E-state index in [4.69, 9.17) is 0 Å². The number of imide groups is 1. The number of aryl methyl sites for hydroxylation is 1. The minimum atomic E-state index is -0.370. The van der Waals surface area contributed by atoms with Gasteiger partial charge in [0.25, 0.3) is 11.8 Å². The Balaban J connectivity index is 1.68. The Morgan fingerprint density at radius 1 is 0.857 bits per heavy atom. The molecule has 5 nitrogen and oxygen atoms in total. The van der Waals surface area contributed by atoms with Crippen molar-refractivity contribution >= 4 is 49.8 Å². The molecule has 5 rings (SSSR count). The zero-order chi connectivity index (χ0) is 24.5. The summed E-state index contributed by atoms with van der Waals surface area (Å²) in [7, 11) is 4.12. The predicted octanol–water partition coefficient (Wildman–Crippen LogP) is 5.45. The van der Waals surface area contributed by atoms with Crippen LogP contribution in [0.25, 0.3) is 27.7 Å². The number of aromatic nitrogens is 1. The number of nitrogens with one attached hydrogen (secondary N) is 1. The standard InChI is InChI=1S/C29H26BrN3O2/c1-32(2)16-8-9-19-14-15-24(30)22(17-19)26-27(29(35)31-28(26)34)23-18-33(20-10-4-3-5-11-20)25-13-7-6-12-21(23)25/h3-7,10-15,17-18H,8-9,16H2,1-2H3,(H,31,34,35). The number of para-hydroxylation sites is 2. The number of nitrogens with zero attached hydrogens (tertiary/aromatic N) is 2. The molecule has 1 aromatic heterocycles. The lowest BCUT2D eigenvalue weighted by Gasteiger charge is -2.11. The van der Waals surface area contributed by atoms with Crippen LogP contribution < -0.4 is 5.32 Å². The van der Waals surface area contributed by atoms with Gasteiger partial charge in [0.2, 0.25) is 0 Å². The fraction of sp³-hybridized carbons (Fsp3) is 0.172. The largest absolute Gasteiger partial charge is 0.316 e. The van der Waals surface area contributed by atoms with Crippen molar-refractivity contribution in [2.45, 2.75) is 12.8 Å². The van der Waals surface area contributed by atoms with E-state index in [0.717, 1.165) is 57.1 Å². The van der Waals surface area contributed by atoms with Crippen LogP contribution in [0.3, 0.4) is 0 Å². The Bertz CT molecular complexity index is 1470. The molecule has 0 saturated heterocycles. The Morgan fingerprint density at radius 2 is 1.54 bits per heavy atom. The Hall–Kier alpha value is -3.48. The van der Waals surface area contributed by atoms with Crippen molar-refractivity contribution in [2.75, 3.05) is 20.6 Å². The zero-order valence-corrected chi connectivity index (χ0v) is 21.3. The van der Waals surface area contributed by atoms with Crippen molar-refractivity contribution in [1.29, 1.82) is 0 Å². The topological polar surface area (TPSA) is 54.3 Å². The molecule has 1 aliphatic heterocycles. The summed E-state index contributed by atoms with van der Waals surface area (Å²) in [5, 5.41) is 3.47. The van der Waals surface area contributed by atoms with Crippen molar-refractivity contribution in [3.63, 3.8) is 0 Å². The predicted molar refractivity (Wildman–Crippen MR) is 144 cm³/mol. The van der Waals surface area contributed by atoms with E-state index >= 15 is 0 Å². The summed E-state index contributed by atoms with van der Waals surface area (Å²) in [5.41, 5.74) is 5.40. The second kappa shape index (κ2) is 9.64. The smallest absolute Gasteiger partial charge is 0.259 e. The van der Waals surface area contributed by atoms with E-state index in [1.165, 1.54) is 0 Å². The molecule has 35 heavy (non-hydrogen) atoms. The second-order valence-electron chi connectivity index (χ2n) is 9.02. The molecule has 6 heteroatoms. The first-order valence-electron chi connectivity index (χ1n) is 11.6. The number of rotatable bonds is 7. The lowest BCUT2D eigenvalue weighted by molar-refractivity contribution is -0.122. The molecule has 0 spiro atoms. The van der Waals surface area contributed by atoms with Gasteiger partial charge in [-0.3, -0.25) is 14.9 Å². The van der Waals surface area contributed by atoms with Crippen LogP contribution in [0, 0.1) is 0 Å². The highest BCUT2D eigenvalue weighted by atomic mass is 79.9. The summed E-state index contributed by atoms with van der Waals surface area (Å²) in [6.07, 6.45) is 3.86. The van der Waals surface area contributed by atoms with E-state index in [2.05, 4.69) is 50.9 Å². The molecule has 0 saturated carbocycles. The van der Waals surface area contributed by atoms with Crippen molar-refractivity contribution in [2.24, 2.45) is 0 Å². The summed E-state index contributed by atoms with van der Waals surface area (Å²) >= 11 is 3.63. The first-order valence-corrected chi connectivity index (χ1v) is 12.4. The first kappa shape index (κ1) is 23.3. The normalized spacial score (nSPS) is 13.8. The van der Waals surface area contributed by atoms with Gasteiger partial charge in [0.05, 0.1) is 16.7 Å². The SMILES string of the molecule is CN(C)CCCc1ccc(Br)c(C2=C(c3cn(-c4ccccc4)c4ccccc34)C(=O)NC2=O)c1. The highest BCUT2D eigenvalue weighted by molar-refractivity contribution is 9.10. The van der Waals surface area contributed by atoms with E-state index in [0.29, 0.717) is 11.1 Å². The van der Waals surface area contributed by atoms with Crippen LogP contribution in [0.5, 0.6) is 0 Å². The van der Waals surface area contributed by atoms with Gasteiger partial charge < -0.3 is 9.47 Å². The van der Waals surface area contributed by atoms with Crippen molar-refractivity contribution in [1.82, 2.24) is 14.8 Å². The summed E-state index contributed by atoms with van der Waals surface area (Å²) in [5.74, 6) is -0.737. The Morgan fingerprint density at radius 3 is 2.29 bits per heavy atom. The summed E-state index contributed by atoms with van der Waals surface area (Å²) in [6.45, 7) is 0.983. The van der Waals surface area contributed by atoms with Gasteiger partial charge in [-0.1, -0.05) is 58.4 Å². The molecule has 0 radical (unpaired) electrons. The van der Waals surface area contributed by atoms with E-state index in [1.807, 2.05) is 72.9 Å². The number of hydrogen-bond donors (Lipinski definition) is 1. The minimum absolute atomic E-state index is 0.368. The van der Waals surface area contributed by atoms with Gasteiger partial charge in [0.15, 0.2) is 0 Å². The highest BCUT2D eigenvalue weighted by Crippen LogP contribution is 2.39. The van der Waals surface area contributed by atoms with Crippen LogP contribution >= 0.6 is 15.9 Å². The molecular formula is C29H26BrN3O2. The van der Waals surface area contributed by atoms with Crippen LogP contribution in [0.2, 0.25) is 0 Å². The molecule has 4 aromatic rings. The minimum Gasteiger partial charge on any atom is -0.316 e. The van der Waals surface area contributed by atoms with Gasteiger partial charge in [-0.05, 0) is 69.4 Å².